The summed E-state index contributed by atoms with van der Waals surface area (Å²) in [4.78, 5) is 39.8. The lowest BCUT2D eigenvalue weighted by atomic mass is 9.76. The van der Waals surface area contributed by atoms with Crippen LogP contribution in [0.25, 0.3) is 17.0 Å². The summed E-state index contributed by atoms with van der Waals surface area (Å²) in [5.74, 6) is -0.458. The number of halogens is 4. The molecule has 0 spiro atoms. The van der Waals surface area contributed by atoms with Gasteiger partial charge in [-0.05, 0) is 93.3 Å². The number of hydrogen-bond donors (Lipinski definition) is 1. The molecule has 222 valence electrons. The van der Waals surface area contributed by atoms with Crippen molar-refractivity contribution in [3.8, 4) is 0 Å². The molecule has 1 N–H and O–H groups in total. The van der Waals surface area contributed by atoms with Gasteiger partial charge in [-0.1, -0.05) is 23.7 Å². The molecule has 5 rings (SSSR count). The van der Waals surface area contributed by atoms with Crippen LogP contribution in [0.1, 0.15) is 56.7 Å². The number of imide groups is 1. The number of ether oxygens (including phenoxy) is 1. The Bertz CT molecular complexity index is 1610. The third kappa shape index (κ3) is 6.44. The van der Waals surface area contributed by atoms with Crippen LogP contribution in [-0.4, -0.2) is 49.6 Å². The lowest BCUT2D eigenvalue weighted by Crippen LogP contribution is -2.61. The first-order valence-electron chi connectivity index (χ1n) is 13.2. The van der Waals surface area contributed by atoms with Gasteiger partial charge in [0.1, 0.15) is 5.60 Å². The van der Waals surface area contributed by atoms with Crippen molar-refractivity contribution in [1.82, 2.24) is 20.0 Å². The van der Waals surface area contributed by atoms with Crippen molar-refractivity contribution in [3.05, 3.63) is 69.2 Å². The minimum Gasteiger partial charge on any atom is -0.444 e. The summed E-state index contributed by atoms with van der Waals surface area (Å²) in [6, 6.07) is 8.79. The Balaban J connectivity index is 1.32. The van der Waals surface area contributed by atoms with E-state index in [2.05, 4.69) is 10.4 Å². The number of fused-ring (bicyclic) bond motifs is 1. The number of carbonyl (C=O) groups excluding carboxylic acids is 3. The predicted molar refractivity (Wildman–Crippen MR) is 154 cm³/mol. The Morgan fingerprint density at radius 3 is 2.55 bits per heavy atom. The number of benzene rings is 2. The molecule has 2 heterocycles. The molecule has 3 amide bonds. The number of aromatic nitrogens is 2. The van der Waals surface area contributed by atoms with Crippen LogP contribution < -0.4 is 5.32 Å². The molecule has 0 atom stereocenters. The second kappa shape index (κ2) is 11.0. The zero-order valence-electron chi connectivity index (χ0n) is 23.0. The first kappa shape index (κ1) is 30.0. The standard InChI is InChI=1S/C29H28ClF3N4O4S/c1-27(2,3)41-25(39)35-28(9-4-10-28)16-36-24(38)23(42-26(36)40)12-17-5-8-22-19(11-17)14-34-37(22)15-18-6-7-20(30)13-21(18)29(31,32)33/h5-8,11-14H,4,9-10,15-16H2,1-3H3,(H,35,39)/b23-12-. The summed E-state index contributed by atoms with van der Waals surface area (Å²) in [7, 11) is 0. The zero-order chi connectivity index (χ0) is 30.4. The smallest absolute Gasteiger partial charge is 0.416 e. The molecule has 0 unspecified atom stereocenters. The van der Waals surface area contributed by atoms with Crippen LogP contribution in [0.15, 0.2) is 47.5 Å². The lowest BCUT2D eigenvalue weighted by molar-refractivity contribution is -0.138. The van der Waals surface area contributed by atoms with Crippen LogP contribution in [0, 0.1) is 0 Å². The Morgan fingerprint density at radius 2 is 1.90 bits per heavy atom. The van der Waals surface area contributed by atoms with E-state index in [0.717, 1.165) is 29.1 Å². The van der Waals surface area contributed by atoms with Gasteiger partial charge in [0.15, 0.2) is 0 Å². The van der Waals surface area contributed by atoms with Crippen LogP contribution in [-0.2, 0) is 22.3 Å². The number of nitrogens with one attached hydrogen (secondary N) is 1. The van der Waals surface area contributed by atoms with E-state index in [0.29, 0.717) is 29.3 Å². The number of hydrogen-bond acceptors (Lipinski definition) is 6. The van der Waals surface area contributed by atoms with Gasteiger partial charge in [0.2, 0.25) is 0 Å². The van der Waals surface area contributed by atoms with Crippen molar-refractivity contribution in [2.24, 2.45) is 0 Å². The van der Waals surface area contributed by atoms with Crippen LogP contribution in [0.5, 0.6) is 0 Å². The highest BCUT2D eigenvalue weighted by atomic mass is 35.5. The molecule has 0 bridgehead atoms. The lowest BCUT2D eigenvalue weighted by Gasteiger charge is -2.44. The number of rotatable bonds is 6. The van der Waals surface area contributed by atoms with Crippen LogP contribution in [0.2, 0.25) is 5.02 Å². The highest BCUT2D eigenvalue weighted by Gasteiger charge is 2.46. The Hall–Kier alpha value is -3.51. The van der Waals surface area contributed by atoms with Gasteiger partial charge in [0.05, 0.1) is 40.8 Å². The summed E-state index contributed by atoms with van der Waals surface area (Å²) >= 11 is 6.61. The molecule has 1 aromatic heterocycles. The van der Waals surface area contributed by atoms with E-state index in [4.69, 9.17) is 16.3 Å². The van der Waals surface area contributed by atoms with Crippen molar-refractivity contribution in [3.63, 3.8) is 0 Å². The van der Waals surface area contributed by atoms with Gasteiger partial charge < -0.3 is 10.1 Å². The van der Waals surface area contributed by atoms with Gasteiger partial charge in [0.25, 0.3) is 11.1 Å². The van der Waals surface area contributed by atoms with Crippen LogP contribution in [0.3, 0.4) is 0 Å². The molecule has 0 radical (unpaired) electrons. The molecular formula is C29H28ClF3N4O4S. The number of alkyl halides is 3. The van der Waals surface area contributed by atoms with Gasteiger partial charge in [-0.15, -0.1) is 0 Å². The normalized spacial score (nSPS) is 18.1. The van der Waals surface area contributed by atoms with E-state index in [1.807, 2.05) is 0 Å². The minimum atomic E-state index is -4.57. The molecule has 2 aliphatic rings. The molecule has 2 aromatic carbocycles. The van der Waals surface area contributed by atoms with E-state index in [-0.39, 0.29) is 28.6 Å². The van der Waals surface area contributed by atoms with Gasteiger partial charge in [-0.3, -0.25) is 19.2 Å². The second-order valence-electron chi connectivity index (χ2n) is 11.4. The first-order chi connectivity index (χ1) is 19.6. The summed E-state index contributed by atoms with van der Waals surface area (Å²) in [5.41, 5.74) is -0.980. The summed E-state index contributed by atoms with van der Waals surface area (Å²) in [6.45, 7) is 5.20. The summed E-state index contributed by atoms with van der Waals surface area (Å²) < 4.78 is 47.5. The van der Waals surface area contributed by atoms with E-state index in [1.54, 1.807) is 45.0 Å². The summed E-state index contributed by atoms with van der Waals surface area (Å²) in [5, 5.41) is 7.34. The molecular weight excluding hydrogens is 593 g/mol. The van der Waals surface area contributed by atoms with Gasteiger partial charge in [-0.2, -0.15) is 18.3 Å². The molecule has 8 nitrogen and oxygen atoms in total. The Morgan fingerprint density at radius 1 is 1.17 bits per heavy atom. The maximum atomic E-state index is 13.6. The van der Waals surface area contributed by atoms with Crippen molar-refractivity contribution in [1.29, 1.82) is 0 Å². The van der Waals surface area contributed by atoms with Crippen LogP contribution in [0.4, 0.5) is 22.8 Å². The average Bonchev–Trinajstić information content (AvgIpc) is 3.36. The largest absolute Gasteiger partial charge is 0.444 e. The first-order valence-corrected chi connectivity index (χ1v) is 14.4. The second-order valence-corrected chi connectivity index (χ2v) is 12.9. The predicted octanol–water partition coefficient (Wildman–Crippen LogP) is 7.24. The quantitative estimate of drug-likeness (QED) is 0.292. The van der Waals surface area contributed by atoms with E-state index in [1.165, 1.54) is 23.0 Å². The zero-order valence-corrected chi connectivity index (χ0v) is 24.6. The topological polar surface area (TPSA) is 93.5 Å². The number of nitrogens with zero attached hydrogens (tertiary/aromatic N) is 3. The Kier molecular flexibility index (Phi) is 7.82. The SMILES string of the molecule is CC(C)(C)OC(=O)NC1(CN2C(=O)S/C(=C\c3ccc4c(cnn4Cc4ccc(Cl)cc4C(F)(F)F)c3)C2=O)CCC1. The number of amides is 3. The van der Waals surface area contributed by atoms with Gasteiger partial charge in [-0.25, -0.2) is 4.79 Å². The van der Waals surface area contributed by atoms with Gasteiger partial charge >= 0.3 is 12.3 Å². The number of alkyl carbamates (subject to hydrolysis) is 1. The maximum absolute atomic E-state index is 13.6. The highest BCUT2D eigenvalue weighted by Crippen LogP contribution is 2.39. The van der Waals surface area contributed by atoms with Crippen LogP contribution >= 0.6 is 23.4 Å². The van der Waals surface area contributed by atoms with E-state index >= 15 is 0 Å². The number of carbonyl (C=O) groups is 3. The molecule has 3 aromatic rings. The molecule has 42 heavy (non-hydrogen) atoms. The third-order valence-electron chi connectivity index (χ3n) is 7.07. The minimum absolute atomic E-state index is 0.00684. The molecule has 13 heteroatoms. The molecule has 1 saturated heterocycles. The molecule has 1 aliphatic heterocycles. The maximum Gasteiger partial charge on any atom is 0.416 e. The highest BCUT2D eigenvalue weighted by molar-refractivity contribution is 8.18. The van der Waals surface area contributed by atoms with E-state index < -0.39 is 40.1 Å². The fraction of sp³-hybridized carbons (Fsp3) is 0.379. The monoisotopic (exact) mass is 620 g/mol. The third-order valence-corrected chi connectivity index (χ3v) is 8.21. The fourth-order valence-corrected chi connectivity index (χ4v) is 5.98. The van der Waals surface area contributed by atoms with Crippen molar-refractivity contribution < 1.29 is 32.3 Å². The number of thioether (sulfide) groups is 1. The van der Waals surface area contributed by atoms with Crippen molar-refractivity contribution >= 4 is 57.6 Å². The fourth-order valence-electron chi connectivity index (χ4n) is 4.97. The summed E-state index contributed by atoms with van der Waals surface area (Å²) in [6.07, 6.45) is 0.0580. The van der Waals surface area contributed by atoms with Crippen molar-refractivity contribution in [2.45, 2.75) is 63.9 Å². The molecule has 1 saturated carbocycles. The molecule has 1 aliphatic carbocycles. The molecule has 2 fully saturated rings. The average molecular weight is 621 g/mol. The van der Waals surface area contributed by atoms with Crippen molar-refractivity contribution in [2.75, 3.05) is 6.54 Å². The van der Waals surface area contributed by atoms with E-state index in [9.17, 15) is 27.6 Å². The Labute approximate surface area is 249 Å². The van der Waals surface area contributed by atoms with Gasteiger partial charge in [0, 0.05) is 10.4 Å².